The average molecular weight is 417 g/mol. The normalized spacial score (nSPS) is 21.9. The molecular formula is C27H32N2O2. The minimum atomic E-state index is -0.335. The summed E-state index contributed by atoms with van der Waals surface area (Å²) in [6.45, 7) is 6.00. The molecule has 0 spiro atoms. The molecule has 3 atom stereocenters. The Morgan fingerprint density at radius 2 is 1.71 bits per heavy atom. The molecule has 0 amide bonds. The number of aryl methyl sites for hydroxylation is 1. The van der Waals surface area contributed by atoms with E-state index >= 15 is 0 Å². The molecule has 4 nitrogen and oxygen atoms in total. The van der Waals surface area contributed by atoms with E-state index in [9.17, 15) is 0 Å². The maximum Gasteiger partial charge on any atom is 0.122 e. The topological polar surface area (TPSA) is 56.5 Å². The summed E-state index contributed by atoms with van der Waals surface area (Å²) in [5.41, 5.74) is 8.67. The summed E-state index contributed by atoms with van der Waals surface area (Å²) >= 11 is 0. The molecule has 1 heterocycles. The van der Waals surface area contributed by atoms with Crippen molar-refractivity contribution in [1.82, 2.24) is 5.32 Å². The van der Waals surface area contributed by atoms with Crippen molar-refractivity contribution < 1.29 is 9.47 Å². The van der Waals surface area contributed by atoms with Gasteiger partial charge in [0.1, 0.15) is 23.7 Å². The van der Waals surface area contributed by atoms with Gasteiger partial charge in [0.05, 0.1) is 5.41 Å². The summed E-state index contributed by atoms with van der Waals surface area (Å²) in [7, 11) is 0. The zero-order valence-corrected chi connectivity index (χ0v) is 18.4. The van der Waals surface area contributed by atoms with Crippen molar-refractivity contribution in [2.75, 3.05) is 18.8 Å². The Balaban J connectivity index is 1.76. The Morgan fingerprint density at radius 3 is 2.42 bits per heavy atom. The molecule has 162 valence electrons. The SMILES string of the molecule is CCC(Oc1ccc(N)cc1)C1(c2ccccc2)CNCCC1Oc1ccccc1C. The molecular weight excluding hydrogens is 384 g/mol. The maximum atomic E-state index is 6.76. The fraction of sp³-hybridized carbons (Fsp3) is 0.333. The Morgan fingerprint density at radius 1 is 1.00 bits per heavy atom. The predicted molar refractivity (Wildman–Crippen MR) is 127 cm³/mol. The van der Waals surface area contributed by atoms with E-state index in [1.165, 1.54) is 5.56 Å². The van der Waals surface area contributed by atoms with Gasteiger partial charge in [-0.3, -0.25) is 0 Å². The third-order valence-corrected chi connectivity index (χ3v) is 6.35. The number of nitrogens with one attached hydrogen (secondary N) is 1. The van der Waals surface area contributed by atoms with Gasteiger partial charge in [-0.2, -0.15) is 0 Å². The molecule has 0 bridgehead atoms. The van der Waals surface area contributed by atoms with Crippen molar-refractivity contribution in [2.45, 2.75) is 44.3 Å². The maximum absolute atomic E-state index is 6.76. The van der Waals surface area contributed by atoms with Crippen LogP contribution in [0.5, 0.6) is 11.5 Å². The molecule has 1 saturated heterocycles. The molecule has 0 aliphatic carbocycles. The van der Waals surface area contributed by atoms with Crippen molar-refractivity contribution in [3.63, 3.8) is 0 Å². The Bertz CT molecular complexity index is 974. The molecule has 3 aromatic rings. The number of ether oxygens (including phenoxy) is 2. The van der Waals surface area contributed by atoms with Gasteiger partial charge in [0, 0.05) is 12.2 Å². The van der Waals surface area contributed by atoms with E-state index in [1.54, 1.807) is 0 Å². The number of benzene rings is 3. The summed E-state index contributed by atoms with van der Waals surface area (Å²) in [4.78, 5) is 0. The van der Waals surface area contributed by atoms with Gasteiger partial charge in [0.15, 0.2) is 0 Å². The third-order valence-electron chi connectivity index (χ3n) is 6.35. The van der Waals surface area contributed by atoms with Crippen LogP contribution in [0.15, 0.2) is 78.9 Å². The summed E-state index contributed by atoms with van der Waals surface area (Å²) in [6, 6.07) is 26.6. The largest absolute Gasteiger partial charge is 0.489 e. The van der Waals surface area contributed by atoms with Crippen molar-refractivity contribution in [1.29, 1.82) is 0 Å². The number of anilines is 1. The summed E-state index contributed by atoms with van der Waals surface area (Å²) in [5.74, 6) is 1.77. The van der Waals surface area contributed by atoms with Crippen LogP contribution in [0, 0.1) is 6.92 Å². The van der Waals surface area contributed by atoms with Crippen LogP contribution < -0.4 is 20.5 Å². The predicted octanol–water partition coefficient (Wildman–Crippen LogP) is 5.11. The first-order chi connectivity index (χ1) is 15.1. The summed E-state index contributed by atoms with van der Waals surface area (Å²) in [6.07, 6.45) is 1.68. The molecule has 0 saturated carbocycles. The molecule has 4 heteroatoms. The second-order valence-corrected chi connectivity index (χ2v) is 8.33. The molecule has 0 aromatic heterocycles. The van der Waals surface area contributed by atoms with E-state index in [0.717, 1.165) is 48.7 Å². The van der Waals surface area contributed by atoms with Crippen LogP contribution in [0.1, 0.15) is 30.9 Å². The second kappa shape index (κ2) is 9.44. The van der Waals surface area contributed by atoms with Gasteiger partial charge in [-0.1, -0.05) is 55.5 Å². The minimum absolute atomic E-state index is 0.0176. The van der Waals surface area contributed by atoms with E-state index in [4.69, 9.17) is 15.2 Å². The van der Waals surface area contributed by atoms with Crippen LogP contribution in [-0.4, -0.2) is 25.3 Å². The lowest BCUT2D eigenvalue weighted by Crippen LogP contribution is -2.62. The van der Waals surface area contributed by atoms with Gasteiger partial charge in [-0.15, -0.1) is 0 Å². The van der Waals surface area contributed by atoms with Crippen LogP contribution in [0.2, 0.25) is 0 Å². The first-order valence-electron chi connectivity index (χ1n) is 11.1. The molecule has 3 unspecified atom stereocenters. The lowest BCUT2D eigenvalue weighted by Gasteiger charge is -2.48. The Hall–Kier alpha value is -2.98. The monoisotopic (exact) mass is 416 g/mol. The van der Waals surface area contributed by atoms with E-state index < -0.39 is 0 Å². The van der Waals surface area contributed by atoms with Crippen molar-refractivity contribution in [2.24, 2.45) is 0 Å². The lowest BCUT2D eigenvalue weighted by molar-refractivity contribution is -0.00998. The minimum Gasteiger partial charge on any atom is -0.489 e. The van der Waals surface area contributed by atoms with Gasteiger partial charge in [-0.05, 0) is 67.8 Å². The first-order valence-corrected chi connectivity index (χ1v) is 11.1. The van der Waals surface area contributed by atoms with Gasteiger partial charge >= 0.3 is 0 Å². The highest BCUT2D eigenvalue weighted by Crippen LogP contribution is 2.41. The molecule has 1 aliphatic heterocycles. The fourth-order valence-electron chi connectivity index (χ4n) is 4.71. The van der Waals surface area contributed by atoms with E-state index in [1.807, 2.05) is 36.4 Å². The molecule has 31 heavy (non-hydrogen) atoms. The smallest absolute Gasteiger partial charge is 0.122 e. The number of hydrogen-bond acceptors (Lipinski definition) is 4. The van der Waals surface area contributed by atoms with Crippen LogP contribution >= 0.6 is 0 Å². The van der Waals surface area contributed by atoms with Gasteiger partial charge in [0.2, 0.25) is 0 Å². The summed E-state index contributed by atoms with van der Waals surface area (Å²) in [5, 5.41) is 3.63. The van der Waals surface area contributed by atoms with E-state index in [0.29, 0.717) is 0 Å². The van der Waals surface area contributed by atoms with Gasteiger partial charge < -0.3 is 20.5 Å². The van der Waals surface area contributed by atoms with Crippen LogP contribution in [-0.2, 0) is 5.41 Å². The second-order valence-electron chi connectivity index (χ2n) is 8.33. The standard InChI is InChI=1S/C27H32N2O2/c1-3-25(30-23-15-13-22(28)14-16-23)27(21-10-5-4-6-11-21)19-29-18-17-26(27)31-24-12-8-7-9-20(24)2/h4-16,25-26,29H,3,17-19,28H2,1-2H3. The zero-order chi connectivity index (χ0) is 21.7. The number of nitrogen functional groups attached to an aromatic ring is 1. The highest BCUT2D eigenvalue weighted by molar-refractivity contribution is 5.42. The zero-order valence-electron chi connectivity index (χ0n) is 18.4. The first kappa shape index (κ1) is 21.3. The van der Waals surface area contributed by atoms with Crippen molar-refractivity contribution in [3.8, 4) is 11.5 Å². The summed E-state index contributed by atoms with van der Waals surface area (Å²) < 4.78 is 13.4. The van der Waals surface area contributed by atoms with Crippen molar-refractivity contribution >= 4 is 5.69 Å². The van der Waals surface area contributed by atoms with E-state index in [2.05, 4.69) is 61.6 Å². The van der Waals surface area contributed by atoms with Crippen LogP contribution in [0.25, 0.3) is 0 Å². The molecule has 1 aliphatic rings. The lowest BCUT2D eigenvalue weighted by atomic mass is 9.67. The Labute approximate surface area is 185 Å². The molecule has 0 radical (unpaired) electrons. The van der Waals surface area contributed by atoms with Crippen LogP contribution in [0.4, 0.5) is 5.69 Å². The highest BCUT2D eigenvalue weighted by Gasteiger charge is 2.50. The fourth-order valence-corrected chi connectivity index (χ4v) is 4.71. The van der Waals surface area contributed by atoms with Crippen molar-refractivity contribution in [3.05, 3.63) is 90.0 Å². The molecule has 3 aromatic carbocycles. The van der Waals surface area contributed by atoms with Crippen LogP contribution in [0.3, 0.4) is 0 Å². The Kier molecular flexibility index (Phi) is 6.47. The number of para-hydroxylation sites is 1. The van der Waals surface area contributed by atoms with Gasteiger partial charge in [0.25, 0.3) is 0 Å². The molecule has 4 rings (SSSR count). The molecule has 3 N–H and O–H groups in total. The van der Waals surface area contributed by atoms with Gasteiger partial charge in [-0.25, -0.2) is 0 Å². The van der Waals surface area contributed by atoms with E-state index in [-0.39, 0.29) is 17.6 Å². The molecule has 1 fully saturated rings. The average Bonchev–Trinajstić information content (AvgIpc) is 2.81. The number of hydrogen-bond donors (Lipinski definition) is 2. The number of piperidine rings is 1. The third kappa shape index (κ3) is 4.40. The highest BCUT2D eigenvalue weighted by atomic mass is 16.5. The quantitative estimate of drug-likeness (QED) is 0.525. The number of nitrogens with two attached hydrogens (primary N) is 1. The number of rotatable bonds is 7.